The van der Waals surface area contributed by atoms with Gasteiger partial charge in [0.2, 0.25) is 0 Å². The van der Waals surface area contributed by atoms with Crippen LogP contribution in [0.4, 0.5) is 5.69 Å². The summed E-state index contributed by atoms with van der Waals surface area (Å²) in [6.45, 7) is 5.25. The number of nitrogens with one attached hydrogen (secondary N) is 1. The molecule has 0 radical (unpaired) electrons. The van der Waals surface area contributed by atoms with Crippen LogP contribution < -0.4 is 5.32 Å². The van der Waals surface area contributed by atoms with Gasteiger partial charge in [-0.3, -0.25) is 4.68 Å². The molecule has 4 nitrogen and oxygen atoms in total. The van der Waals surface area contributed by atoms with Crippen molar-refractivity contribution in [3.8, 4) is 0 Å². The standard InChI is InChI=1S/C13H20N4/c1-4-5-6-7-14-11-8-12-10(2)16-17(3)13(12)15-9-11/h8-9,14H,4-7H2,1-3H3. The molecule has 2 aromatic rings. The first kappa shape index (κ1) is 11.9. The fraction of sp³-hybridized carbons (Fsp3) is 0.538. The number of aromatic nitrogens is 3. The highest BCUT2D eigenvalue weighted by atomic mass is 15.3. The van der Waals surface area contributed by atoms with Gasteiger partial charge >= 0.3 is 0 Å². The Bertz CT molecular complexity index is 501. The summed E-state index contributed by atoms with van der Waals surface area (Å²) in [6, 6.07) is 2.14. The number of nitrogens with zero attached hydrogens (tertiary/aromatic N) is 3. The van der Waals surface area contributed by atoms with Gasteiger partial charge in [-0.25, -0.2) is 4.98 Å². The van der Waals surface area contributed by atoms with Crippen molar-refractivity contribution in [2.24, 2.45) is 7.05 Å². The number of aryl methyl sites for hydroxylation is 2. The average Bonchev–Trinajstić information content (AvgIpc) is 2.61. The Morgan fingerprint density at radius 1 is 1.35 bits per heavy atom. The van der Waals surface area contributed by atoms with Crippen LogP contribution in [0.2, 0.25) is 0 Å². The number of rotatable bonds is 5. The minimum atomic E-state index is 0.946. The first-order valence-corrected chi connectivity index (χ1v) is 6.25. The summed E-state index contributed by atoms with van der Waals surface area (Å²) in [5.74, 6) is 0. The molecule has 0 atom stereocenters. The molecule has 0 aromatic carbocycles. The number of fused-ring (bicyclic) bond motifs is 1. The quantitative estimate of drug-likeness (QED) is 0.806. The van der Waals surface area contributed by atoms with E-state index in [2.05, 4.69) is 28.4 Å². The summed E-state index contributed by atoms with van der Waals surface area (Å²) in [6.07, 6.45) is 5.62. The van der Waals surface area contributed by atoms with Crippen LogP contribution in [0, 0.1) is 6.92 Å². The SMILES string of the molecule is CCCCCNc1cnc2c(c1)c(C)nn2C. The number of hydrogen-bond acceptors (Lipinski definition) is 3. The Hall–Kier alpha value is -1.58. The molecule has 17 heavy (non-hydrogen) atoms. The van der Waals surface area contributed by atoms with Gasteiger partial charge in [-0.15, -0.1) is 0 Å². The highest BCUT2D eigenvalue weighted by Gasteiger charge is 2.06. The van der Waals surface area contributed by atoms with E-state index in [9.17, 15) is 0 Å². The Morgan fingerprint density at radius 3 is 2.94 bits per heavy atom. The Morgan fingerprint density at radius 2 is 2.18 bits per heavy atom. The van der Waals surface area contributed by atoms with Crippen LogP contribution in [0.1, 0.15) is 31.9 Å². The van der Waals surface area contributed by atoms with Gasteiger partial charge in [-0.05, 0) is 19.4 Å². The van der Waals surface area contributed by atoms with E-state index in [1.165, 1.54) is 19.3 Å². The molecule has 0 aliphatic carbocycles. The first-order chi connectivity index (χ1) is 8.22. The normalized spacial score (nSPS) is 11.0. The van der Waals surface area contributed by atoms with Crippen LogP contribution in [0.3, 0.4) is 0 Å². The van der Waals surface area contributed by atoms with Crippen LogP contribution in [0.15, 0.2) is 12.3 Å². The molecule has 0 fully saturated rings. The smallest absolute Gasteiger partial charge is 0.157 e. The van der Waals surface area contributed by atoms with Crippen molar-refractivity contribution in [2.75, 3.05) is 11.9 Å². The predicted octanol–water partition coefficient (Wildman–Crippen LogP) is 2.88. The third-order valence-electron chi connectivity index (χ3n) is 2.97. The molecule has 0 bridgehead atoms. The number of anilines is 1. The minimum absolute atomic E-state index is 0.946. The second-order valence-corrected chi connectivity index (χ2v) is 4.44. The molecule has 0 saturated heterocycles. The maximum absolute atomic E-state index is 4.44. The van der Waals surface area contributed by atoms with E-state index >= 15 is 0 Å². The summed E-state index contributed by atoms with van der Waals surface area (Å²) in [5, 5.41) is 8.91. The lowest BCUT2D eigenvalue weighted by Crippen LogP contribution is -2.01. The van der Waals surface area contributed by atoms with Crippen molar-refractivity contribution in [1.82, 2.24) is 14.8 Å². The molecule has 0 unspecified atom stereocenters. The van der Waals surface area contributed by atoms with Gasteiger partial charge in [-0.1, -0.05) is 19.8 Å². The second kappa shape index (κ2) is 5.17. The summed E-state index contributed by atoms with van der Waals surface area (Å²) in [4.78, 5) is 4.44. The van der Waals surface area contributed by atoms with Crippen molar-refractivity contribution < 1.29 is 0 Å². The zero-order valence-electron chi connectivity index (χ0n) is 10.8. The monoisotopic (exact) mass is 232 g/mol. The summed E-state index contributed by atoms with van der Waals surface area (Å²) in [7, 11) is 1.93. The van der Waals surface area contributed by atoms with Crippen molar-refractivity contribution in [2.45, 2.75) is 33.1 Å². The van der Waals surface area contributed by atoms with Crippen LogP contribution in [-0.4, -0.2) is 21.3 Å². The third-order valence-corrected chi connectivity index (χ3v) is 2.97. The van der Waals surface area contributed by atoms with Gasteiger partial charge in [0.05, 0.1) is 17.6 Å². The number of pyridine rings is 1. The van der Waals surface area contributed by atoms with Gasteiger partial charge in [0, 0.05) is 19.0 Å². The van der Waals surface area contributed by atoms with E-state index in [4.69, 9.17) is 0 Å². The van der Waals surface area contributed by atoms with E-state index in [-0.39, 0.29) is 0 Å². The van der Waals surface area contributed by atoms with Crippen LogP contribution in [0.25, 0.3) is 11.0 Å². The molecular weight excluding hydrogens is 212 g/mol. The lowest BCUT2D eigenvalue weighted by Gasteiger charge is -2.05. The van der Waals surface area contributed by atoms with E-state index in [1.54, 1.807) is 0 Å². The van der Waals surface area contributed by atoms with Gasteiger partial charge in [-0.2, -0.15) is 5.10 Å². The average molecular weight is 232 g/mol. The summed E-state index contributed by atoms with van der Waals surface area (Å²) in [5.41, 5.74) is 3.07. The van der Waals surface area contributed by atoms with Gasteiger partial charge in [0.25, 0.3) is 0 Å². The van der Waals surface area contributed by atoms with E-state index in [1.807, 2.05) is 24.9 Å². The van der Waals surface area contributed by atoms with Crippen molar-refractivity contribution in [1.29, 1.82) is 0 Å². The second-order valence-electron chi connectivity index (χ2n) is 4.44. The van der Waals surface area contributed by atoms with Gasteiger partial charge < -0.3 is 5.32 Å². The molecule has 2 heterocycles. The van der Waals surface area contributed by atoms with E-state index in [0.29, 0.717) is 0 Å². The minimum Gasteiger partial charge on any atom is -0.384 e. The molecule has 2 rings (SSSR count). The van der Waals surface area contributed by atoms with E-state index < -0.39 is 0 Å². The molecule has 4 heteroatoms. The molecule has 0 amide bonds. The molecule has 0 aliphatic rings. The summed E-state index contributed by atoms with van der Waals surface area (Å²) >= 11 is 0. The van der Waals surface area contributed by atoms with Gasteiger partial charge in [0.15, 0.2) is 5.65 Å². The zero-order valence-corrected chi connectivity index (χ0v) is 10.8. The van der Waals surface area contributed by atoms with Crippen LogP contribution in [0.5, 0.6) is 0 Å². The highest BCUT2D eigenvalue weighted by Crippen LogP contribution is 2.19. The van der Waals surface area contributed by atoms with Crippen molar-refractivity contribution in [3.05, 3.63) is 18.0 Å². The summed E-state index contributed by atoms with van der Waals surface area (Å²) < 4.78 is 1.82. The Balaban J connectivity index is 2.11. The Labute approximate surface area is 102 Å². The van der Waals surface area contributed by atoms with Crippen molar-refractivity contribution in [3.63, 3.8) is 0 Å². The lowest BCUT2D eigenvalue weighted by molar-refractivity contribution is 0.743. The largest absolute Gasteiger partial charge is 0.384 e. The van der Waals surface area contributed by atoms with E-state index in [0.717, 1.165) is 29.0 Å². The molecule has 1 N–H and O–H groups in total. The van der Waals surface area contributed by atoms with Gasteiger partial charge in [0.1, 0.15) is 0 Å². The molecule has 0 spiro atoms. The molecule has 92 valence electrons. The number of hydrogen-bond donors (Lipinski definition) is 1. The van der Waals surface area contributed by atoms with Crippen molar-refractivity contribution >= 4 is 16.7 Å². The van der Waals surface area contributed by atoms with Crippen LogP contribution in [-0.2, 0) is 7.05 Å². The lowest BCUT2D eigenvalue weighted by atomic mass is 10.2. The fourth-order valence-corrected chi connectivity index (χ4v) is 2.01. The topological polar surface area (TPSA) is 42.7 Å². The fourth-order valence-electron chi connectivity index (χ4n) is 2.01. The molecule has 0 saturated carbocycles. The molecule has 0 aliphatic heterocycles. The molecular formula is C13H20N4. The third kappa shape index (κ3) is 2.57. The maximum atomic E-state index is 4.44. The predicted molar refractivity (Wildman–Crippen MR) is 71.3 cm³/mol. The maximum Gasteiger partial charge on any atom is 0.157 e. The highest BCUT2D eigenvalue weighted by molar-refractivity contribution is 5.81. The Kier molecular flexibility index (Phi) is 3.61. The molecule has 2 aromatic heterocycles. The number of unbranched alkanes of at least 4 members (excludes halogenated alkanes) is 2. The zero-order chi connectivity index (χ0) is 12.3. The van der Waals surface area contributed by atoms with Crippen LogP contribution >= 0.6 is 0 Å². The first-order valence-electron chi connectivity index (χ1n) is 6.25.